The highest BCUT2D eigenvalue weighted by molar-refractivity contribution is 5.26. The van der Waals surface area contributed by atoms with Crippen LogP contribution >= 0.6 is 0 Å². The zero-order chi connectivity index (χ0) is 16.7. The van der Waals surface area contributed by atoms with E-state index in [1.54, 1.807) is 6.20 Å². The summed E-state index contributed by atoms with van der Waals surface area (Å²) in [4.78, 5) is 4.15. The van der Waals surface area contributed by atoms with Crippen LogP contribution in [0.4, 0.5) is 0 Å². The van der Waals surface area contributed by atoms with Crippen molar-refractivity contribution in [2.24, 2.45) is 0 Å². The van der Waals surface area contributed by atoms with Crippen molar-refractivity contribution in [2.45, 2.75) is 32.2 Å². The standard InChI is InChI=1S/C21H26N2O/c1(7-15-22-19-20-11-4-3-5-12-20)2-9-17-24-18-10-14-21-13-6-8-16-23-21/h3-6,8,11-13,16,22H,1-2,7,9,15,17-19H2. The molecule has 0 unspecified atom stereocenters. The fourth-order valence-corrected chi connectivity index (χ4v) is 2.32. The fraction of sp³-hybridized carbons (Fsp3) is 0.381. The smallest absolute Gasteiger partial charge is 0.113 e. The highest BCUT2D eigenvalue weighted by Gasteiger charge is 1.93. The van der Waals surface area contributed by atoms with Crippen LogP contribution in [0.3, 0.4) is 0 Å². The molecule has 0 spiro atoms. The number of nitrogens with zero attached hydrogens (tertiary/aromatic N) is 1. The van der Waals surface area contributed by atoms with Gasteiger partial charge in [0, 0.05) is 19.3 Å². The third kappa shape index (κ3) is 8.47. The molecule has 0 amide bonds. The van der Waals surface area contributed by atoms with Crippen LogP contribution < -0.4 is 5.32 Å². The van der Waals surface area contributed by atoms with Gasteiger partial charge in [0.05, 0.1) is 0 Å². The lowest BCUT2D eigenvalue weighted by Gasteiger charge is -2.05. The lowest BCUT2D eigenvalue weighted by atomic mass is 10.2. The first-order chi connectivity index (χ1) is 11.9. The molecular weight excluding hydrogens is 296 g/mol. The van der Waals surface area contributed by atoms with E-state index in [1.807, 2.05) is 18.2 Å². The molecule has 0 atom stereocenters. The second kappa shape index (κ2) is 12.3. The van der Waals surface area contributed by atoms with Gasteiger partial charge in [0.15, 0.2) is 0 Å². The van der Waals surface area contributed by atoms with Gasteiger partial charge in [-0.05, 0) is 43.0 Å². The van der Waals surface area contributed by atoms with Crippen molar-refractivity contribution >= 4 is 0 Å². The van der Waals surface area contributed by atoms with Crippen molar-refractivity contribution in [3.63, 3.8) is 0 Å². The topological polar surface area (TPSA) is 34.1 Å². The number of rotatable bonds is 10. The minimum Gasteiger partial charge on any atom is -0.369 e. The maximum absolute atomic E-state index is 5.52. The summed E-state index contributed by atoms with van der Waals surface area (Å²) in [5.41, 5.74) is 2.14. The van der Waals surface area contributed by atoms with E-state index >= 15 is 0 Å². The first kappa shape index (κ1) is 18.2. The van der Waals surface area contributed by atoms with Crippen LogP contribution in [0, 0.1) is 11.8 Å². The first-order valence-electron chi connectivity index (χ1n) is 8.67. The molecule has 0 bridgehead atoms. The second-order valence-corrected chi connectivity index (χ2v) is 5.65. The Morgan fingerprint density at radius 1 is 0.917 bits per heavy atom. The van der Waals surface area contributed by atoms with Gasteiger partial charge in [0.1, 0.15) is 12.3 Å². The monoisotopic (exact) mass is 322 g/mol. The Morgan fingerprint density at radius 2 is 1.75 bits per heavy atom. The van der Waals surface area contributed by atoms with Crippen molar-refractivity contribution in [2.75, 3.05) is 19.8 Å². The van der Waals surface area contributed by atoms with E-state index in [0.29, 0.717) is 6.61 Å². The number of unbranched alkanes of at least 4 members (excludes halogenated alkanes) is 3. The fourth-order valence-electron chi connectivity index (χ4n) is 2.32. The Hall–Kier alpha value is -2.15. The van der Waals surface area contributed by atoms with Gasteiger partial charge in [-0.3, -0.25) is 0 Å². The lowest BCUT2D eigenvalue weighted by molar-refractivity contribution is 0.161. The molecule has 2 rings (SSSR count). The van der Waals surface area contributed by atoms with E-state index in [9.17, 15) is 0 Å². The average molecular weight is 322 g/mol. The maximum Gasteiger partial charge on any atom is 0.113 e. The first-order valence-corrected chi connectivity index (χ1v) is 8.67. The SMILES string of the molecule is C(#Cc1ccccn1)COCCCCCCNCc1ccccc1. The molecule has 0 radical (unpaired) electrons. The molecule has 0 aliphatic rings. The highest BCUT2D eigenvalue weighted by atomic mass is 16.5. The Morgan fingerprint density at radius 3 is 2.58 bits per heavy atom. The van der Waals surface area contributed by atoms with E-state index in [4.69, 9.17) is 4.74 Å². The molecule has 1 N–H and O–H groups in total. The zero-order valence-electron chi connectivity index (χ0n) is 14.2. The van der Waals surface area contributed by atoms with E-state index in [0.717, 1.165) is 31.8 Å². The molecule has 0 saturated carbocycles. The van der Waals surface area contributed by atoms with Crippen molar-refractivity contribution in [1.82, 2.24) is 10.3 Å². The number of nitrogens with one attached hydrogen (secondary N) is 1. The molecule has 24 heavy (non-hydrogen) atoms. The number of hydrogen-bond acceptors (Lipinski definition) is 3. The summed E-state index contributed by atoms with van der Waals surface area (Å²) in [6.07, 6.45) is 6.52. The van der Waals surface area contributed by atoms with Crippen molar-refractivity contribution < 1.29 is 4.74 Å². The predicted octanol–water partition coefficient (Wildman–Crippen LogP) is 3.80. The molecule has 1 aromatic heterocycles. The summed E-state index contributed by atoms with van der Waals surface area (Å²) in [5, 5.41) is 3.48. The third-order valence-corrected chi connectivity index (χ3v) is 3.62. The number of benzene rings is 1. The summed E-state index contributed by atoms with van der Waals surface area (Å²) >= 11 is 0. The van der Waals surface area contributed by atoms with Gasteiger partial charge in [0.2, 0.25) is 0 Å². The van der Waals surface area contributed by atoms with Gasteiger partial charge in [-0.25, -0.2) is 4.98 Å². The van der Waals surface area contributed by atoms with Gasteiger partial charge in [-0.2, -0.15) is 0 Å². The van der Waals surface area contributed by atoms with Gasteiger partial charge in [-0.1, -0.05) is 55.2 Å². The summed E-state index contributed by atoms with van der Waals surface area (Å²) in [5.74, 6) is 5.98. The zero-order valence-corrected chi connectivity index (χ0v) is 14.2. The van der Waals surface area contributed by atoms with Crippen molar-refractivity contribution in [1.29, 1.82) is 0 Å². The van der Waals surface area contributed by atoms with Crippen LogP contribution in [0.15, 0.2) is 54.7 Å². The minimum atomic E-state index is 0.481. The number of pyridine rings is 1. The van der Waals surface area contributed by atoms with E-state index in [1.165, 1.54) is 24.8 Å². The predicted molar refractivity (Wildman–Crippen MR) is 98.6 cm³/mol. The Balaban J connectivity index is 1.37. The summed E-state index contributed by atoms with van der Waals surface area (Å²) in [6.45, 7) is 3.30. The lowest BCUT2D eigenvalue weighted by Crippen LogP contribution is -2.14. The largest absolute Gasteiger partial charge is 0.369 e. The van der Waals surface area contributed by atoms with Gasteiger partial charge in [-0.15, -0.1) is 0 Å². The summed E-state index contributed by atoms with van der Waals surface area (Å²) < 4.78 is 5.52. The molecule has 1 aromatic carbocycles. The van der Waals surface area contributed by atoms with Crippen LogP contribution in [0.25, 0.3) is 0 Å². The Labute approximate surface area is 145 Å². The average Bonchev–Trinajstić information content (AvgIpc) is 2.64. The second-order valence-electron chi connectivity index (χ2n) is 5.65. The van der Waals surface area contributed by atoms with Crippen LogP contribution in [-0.4, -0.2) is 24.7 Å². The summed E-state index contributed by atoms with van der Waals surface area (Å²) in [7, 11) is 0. The molecule has 1 heterocycles. The molecule has 0 aliphatic heterocycles. The van der Waals surface area contributed by atoms with Crippen LogP contribution in [0.1, 0.15) is 36.9 Å². The van der Waals surface area contributed by atoms with Crippen LogP contribution in [-0.2, 0) is 11.3 Å². The van der Waals surface area contributed by atoms with Crippen molar-refractivity contribution in [3.05, 3.63) is 66.0 Å². The Bertz CT molecular complexity index is 602. The molecule has 0 fully saturated rings. The van der Waals surface area contributed by atoms with E-state index < -0.39 is 0 Å². The van der Waals surface area contributed by atoms with Crippen molar-refractivity contribution in [3.8, 4) is 11.8 Å². The number of ether oxygens (including phenoxy) is 1. The van der Waals surface area contributed by atoms with Gasteiger partial charge >= 0.3 is 0 Å². The Kier molecular flexibility index (Phi) is 9.32. The minimum absolute atomic E-state index is 0.481. The molecule has 3 heteroatoms. The van der Waals surface area contributed by atoms with Gasteiger partial charge in [0.25, 0.3) is 0 Å². The highest BCUT2D eigenvalue weighted by Crippen LogP contribution is 2.01. The molecule has 0 aliphatic carbocycles. The maximum atomic E-state index is 5.52. The molecular formula is C21H26N2O. The quantitative estimate of drug-likeness (QED) is 0.534. The van der Waals surface area contributed by atoms with Gasteiger partial charge < -0.3 is 10.1 Å². The third-order valence-electron chi connectivity index (χ3n) is 3.62. The molecule has 3 nitrogen and oxygen atoms in total. The molecule has 0 saturated heterocycles. The van der Waals surface area contributed by atoms with Crippen LogP contribution in [0.2, 0.25) is 0 Å². The number of hydrogen-bond donors (Lipinski definition) is 1. The normalized spacial score (nSPS) is 10.2. The summed E-state index contributed by atoms with van der Waals surface area (Å²) in [6, 6.07) is 16.2. The van der Waals surface area contributed by atoms with E-state index in [2.05, 4.69) is 52.5 Å². The van der Waals surface area contributed by atoms with E-state index in [-0.39, 0.29) is 0 Å². The molecule has 2 aromatic rings. The van der Waals surface area contributed by atoms with Crippen LogP contribution in [0.5, 0.6) is 0 Å². The number of aromatic nitrogens is 1. The molecule has 126 valence electrons.